The van der Waals surface area contributed by atoms with Crippen molar-refractivity contribution in [1.82, 2.24) is 4.98 Å². The molecule has 1 aromatic carbocycles. The van der Waals surface area contributed by atoms with Gasteiger partial charge >= 0.3 is 5.97 Å². The van der Waals surface area contributed by atoms with Gasteiger partial charge in [0.25, 0.3) is 0 Å². The second-order valence-corrected chi connectivity index (χ2v) is 4.50. The van der Waals surface area contributed by atoms with Crippen LogP contribution in [0.3, 0.4) is 0 Å². The Hall–Kier alpha value is -2.11. The highest BCUT2D eigenvalue weighted by Gasteiger charge is 2.16. The minimum absolute atomic E-state index is 0.0436. The fraction of sp³-hybridized carbons (Fsp3) is 0. The lowest BCUT2D eigenvalue weighted by Crippen LogP contribution is -2.15. The molecule has 0 amide bonds. The molecule has 0 aliphatic rings. The third kappa shape index (κ3) is 3.26. The molecule has 0 aliphatic carbocycles. The zero-order chi connectivity index (χ0) is 14.5. The third-order valence-electron chi connectivity index (χ3n) is 2.37. The summed E-state index contributed by atoms with van der Waals surface area (Å²) in [5.74, 6) is -0.735. The Balaban J connectivity index is 2.17. The molecule has 0 saturated carbocycles. The summed E-state index contributed by atoms with van der Waals surface area (Å²) in [6.07, 6.45) is 3.09. The standard InChI is InChI=1S/C13H9Cl2N3O2/c14-9-2-1-3-10(15)11(9)13(19)20-18-12(16)8-4-6-17-7-5-8/h1-7H,(H2,16,18). The molecule has 0 fully saturated rings. The van der Waals surface area contributed by atoms with Crippen LogP contribution in [0.5, 0.6) is 0 Å². The summed E-state index contributed by atoms with van der Waals surface area (Å²) in [5, 5.41) is 3.91. The molecule has 0 aliphatic heterocycles. The minimum Gasteiger partial charge on any atom is -0.380 e. The van der Waals surface area contributed by atoms with E-state index < -0.39 is 5.97 Å². The average molecular weight is 310 g/mol. The van der Waals surface area contributed by atoms with Crippen molar-refractivity contribution in [3.8, 4) is 0 Å². The van der Waals surface area contributed by atoms with Gasteiger partial charge < -0.3 is 10.6 Å². The van der Waals surface area contributed by atoms with Gasteiger partial charge in [0.05, 0.1) is 15.6 Å². The molecule has 0 saturated heterocycles. The average Bonchev–Trinajstić information content (AvgIpc) is 2.45. The molecule has 0 bridgehead atoms. The monoisotopic (exact) mass is 309 g/mol. The van der Waals surface area contributed by atoms with Crippen LogP contribution in [0.15, 0.2) is 47.9 Å². The number of benzene rings is 1. The van der Waals surface area contributed by atoms with E-state index >= 15 is 0 Å². The Labute approximate surface area is 125 Å². The molecule has 2 N–H and O–H groups in total. The Bertz CT molecular complexity index is 640. The molecule has 0 spiro atoms. The smallest absolute Gasteiger partial charge is 0.368 e. The van der Waals surface area contributed by atoms with Crippen LogP contribution >= 0.6 is 23.2 Å². The maximum atomic E-state index is 11.9. The number of halogens is 2. The van der Waals surface area contributed by atoms with E-state index in [0.29, 0.717) is 5.56 Å². The summed E-state index contributed by atoms with van der Waals surface area (Å²) >= 11 is 11.8. The summed E-state index contributed by atoms with van der Waals surface area (Å²) in [6, 6.07) is 7.94. The summed E-state index contributed by atoms with van der Waals surface area (Å²) in [4.78, 5) is 20.4. The highest BCUT2D eigenvalue weighted by molar-refractivity contribution is 6.39. The van der Waals surface area contributed by atoms with E-state index in [4.69, 9.17) is 33.8 Å². The quantitative estimate of drug-likeness (QED) is 0.409. The number of nitrogens with two attached hydrogens (primary N) is 1. The van der Waals surface area contributed by atoms with Crippen LogP contribution < -0.4 is 5.73 Å². The predicted molar refractivity (Wildman–Crippen MR) is 76.8 cm³/mol. The molecule has 2 aromatic rings. The maximum absolute atomic E-state index is 11.9. The second-order valence-electron chi connectivity index (χ2n) is 3.69. The molecule has 0 radical (unpaired) electrons. The first-order valence-electron chi connectivity index (χ1n) is 5.49. The summed E-state index contributed by atoms with van der Waals surface area (Å²) in [6.45, 7) is 0. The predicted octanol–water partition coefficient (Wildman–Crippen LogP) is 2.87. The van der Waals surface area contributed by atoms with Gasteiger partial charge in [-0.1, -0.05) is 34.4 Å². The van der Waals surface area contributed by atoms with Crippen molar-refractivity contribution in [1.29, 1.82) is 0 Å². The van der Waals surface area contributed by atoms with Gasteiger partial charge in [0, 0.05) is 18.0 Å². The second kappa shape index (κ2) is 6.36. The summed E-state index contributed by atoms with van der Waals surface area (Å²) in [7, 11) is 0. The molecule has 0 unspecified atom stereocenters. The maximum Gasteiger partial charge on any atom is 0.368 e. The first-order valence-corrected chi connectivity index (χ1v) is 6.24. The summed E-state index contributed by atoms with van der Waals surface area (Å²) in [5.41, 5.74) is 6.30. The highest BCUT2D eigenvalue weighted by Crippen LogP contribution is 2.24. The van der Waals surface area contributed by atoms with Crippen molar-refractivity contribution in [2.45, 2.75) is 0 Å². The molecule has 1 heterocycles. The number of carbonyl (C=O) groups excluding carboxylic acids is 1. The number of pyridine rings is 1. The molecule has 102 valence electrons. The Morgan fingerprint density at radius 1 is 1.15 bits per heavy atom. The van der Waals surface area contributed by atoms with Crippen molar-refractivity contribution < 1.29 is 9.63 Å². The molecular formula is C13H9Cl2N3O2. The van der Waals surface area contributed by atoms with E-state index in [2.05, 4.69) is 10.1 Å². The van der Waals surface area contributed by atoms with Crippen molar-refractivity contribution in [2.24, 2.45) is 10.9 Å². The van der Waals surface area contributed by atoms with Crippen LogP contribution in [0.1, 0.15) is 15.9 Å². The van der Waals surface area contributed by atoms with E-state index in [1.165, 1.54) is 12.1 Å². The van der Waals surface area contributed by atoms with Gasteiger partial charge in [0.2, 0.25) is 0 Å². The molecule has 5 nitrogen and oxygen atoms in total. The van der Waals surface area contributed by atoms with Crippen LogP contribution in [0.25, 0.3) is 0 Å². The van der Waals surface area contributed by atoms with Crippen LogP contribution in [0.2, 0.25) is 10.0 Å². The van der Waals surface area contributed by atoms with Gasteiger partial charge in [0.1, 0.15) is 0 Å². The lowest BCUT2D eigenvalue weighted by molar-refractivity contribution is 0.0516. The van der Waals surface area contributed by atoms with Gasteiger partial charge in [-0.3, -0.25) is 4.98 Å². The van der Waals surface area contributed by atoms with Crippen LogP contribution in [0.4, 0.5) is 0 Å². The van der Waals surface area contributed by atoms with Crippen molar-refractivity contribution in [2.75, 3.05) is 0 Å². The van der Waals surface area contributed by atoms with E-state index in [1.54, 1.807) is 30.6 Å². The van der Waals surface area contributed by atoms with Crippen LogP contribution in [-0.2, 0) is 4.84 Å². The van der Waals surface area contributed by atoms with Gasteiger partial charge in [-0.2, -0.15) is 0 Å². The van der Waals surface area contributed by atoms with Gasteiger partial charge in [0.15, 0.2) is 5.84 Å². The van der Waals surface area contributed by atoms with Crippen molar-refractivity contribution in [3.63, 3.8) is 0 Å². The molecular weight excluding hydrogens is 301 g/mol. The zero-order valence-electron chi connectivity index (χ0n) is 10.1. The Kier molecular flexibility index (Phi) is 4.55. The number of hydrogen-bond donors (Lipinski definition) is 1. The number of aromatic nitrogens is 1. The third-order valence-corrected chi connectivity index (χ3v) is 3.00. The lowest BCUT2D eigenvalue weighted by atomic mass is 10.2. The number of nitrogens with zero attached hydrogens (tertiary/aromatic N) is 2. The van der Waals surface area contributed by atoms with Crippen LogP contribution in [0, 0.1) is 0 Å². The minimum atomic E-state index is -0.780. The normalized spacial score (nSPS) is 11.2. The topological polar surface area (TPSA) is 77.6 Å². The zero-order valence-corrected chi connectivity index (χ0v) is 11.6. The Morgan fingerprint density at radius 3 is 2.35 bits per heavy atom. The molecule has 20 heavy (non-hydrogen) atoms. The van der Waals surface area contributed by atoms with E-state index in [0.717, 1.165) is 0 Å². The highest BCUT2D eigenvalue weighted by atomic mass is 35.5. The number of carbonyl (C=O) groups is 1. The number of hydrogen-bond acceptors (Lipinski definition) is 4. The first kappa shape index (κ1) is 14.3. The Morgan fingerprint density at radius 2 is 1.75 bits per heavy atom. The van der Waals surface area contributed by atoms with Crippen molar-refractivity contribution in [3.05, 3.63) is 63.9 Å². The van der Waals surface area contributed by atoms with E-state index in [9.17, 15) is 4.79 Å². The SMILES string of the molecule is N/C(=N/OC(=O)c1c(Cl)cccc1Cl)c1ccncc1. The first-order chi connectivity index (χ1) is 9.59. The van der Waals surface area contributed by atoms with E-state index in [1.807, 2.05) is 0 Å². The molecule has 7 heteroatoms. The number of rotatable bonds is 3. The lowest BCUT2D eigenvalue weighted by Gasteiger charge is -2.04. The fourth-order valence-electron chi connectivity index (χ4n) is 1.40. The fourth-order valence-corrected chi connectivity index (χ4v) is 1.96. The number of amidine groups is 1. The molecule has 0 atom stereocenters. The van der Waals surface area contributed by atoms with Gasteiger partial charge in [-0.05, 0) is 24.3 Å². The van der Waals surface area contributed by atoms with E-state index in [-0.39, 0.29) is 21.4 Å². The summed E-state index contributed by atoms with van der Waals surface area (Å²) < 4.78 is 0. The van der Waals surface area contributed by atoms with Gasteiger partial charge in [-0.25, -0.2) is 4.79 Å². The largest absolute Gasteiger partial charge is 0.380 e. The van der Waals surface area contributed by atoms with Crippen molar-refractivity contribution >= 4 is 35.0 Å². The van der Waals surface area contributed by atoms with Gasteiger partial charge in [-0.15, -0.1) is 0 Å². The van der Waals surface area contributed by atoms with Crippen LogP contribution in [-0.4, -0.2) is 16.8 Å². The molecule has 2 rings (SSSR count). The molecule has 1 aromatic heterocycles. The number of oxime groups is 1.